The lowest BCUT2D eigenvalue weighted by Crippen LogP contribution is -1.96. The molecule has 6 nitrogen and oxygen atoms in total. The lowest BCUT2D eigenvalue weighted by Gasteiger charge is -1.99. The van der Waals surface area contributed by atoms with E-state index in [-0.39, 0.29) is 0 Å². The van der Waals surface area contributed by atoms with Gasteiger partial charge in [0.15, 0.2) is 0 Å². The van der Waals surface area contributed by atoms with E-state index in [4.69, 9.17) is 5.10 Å². The molecule has 5 rings (SSSR count). The number of aryl methyl sites for hydroxylation is 1. The Bertz CT molecular complexity index is 1220. The highest BCUT2D eigenvalue weighted by atomic mass is 127. The van der Waals surface area contributed by atoms with Gasteiger partial charge in [0.25, 0.3) is 0 Å². The number of nitrogens with zero attached hydrogens (tertiary/aromatic N) is 6. The Morgan fingerprint density at radius 1 is 1.04 bits per heavy atom. The number of benzene rings is 1. The maximum absolute atomic E-state index is 4.74. The molecule has 0 atom stereocenters. The fourth-order valence-corrected chi connectivity index (χ4v) is 4.06. The van der Waals surface area contributed by atoms with Crippen LogP contribution in [0.25, 0.3) is 32.7 Å². The van der Waals surface area contributed by atoms with Gasteiger partial charge in [-0.25, -0.2) is 4.98 Å². The summed E-state index contributed by atoms with van der Waals surface area (Å²) in [6.45, 7) is 1.98. The number of hydrogen-bond donors (Lipinski definition) is 0. The first-order chi connectivity index (χ1) is 12.2. The zero-order chi connectivity index (χ0) is 17.0. The van der Waals surface area contributed by atoms with Crippen LogP contribution in [-0.2, 0) is 0 Å². The average Bonchev–Trinajstić information content (AvgIpc) is 3.27. The number of halogens is 1. The Morgan fingerprint density at radius 3 is 2.72 bits per heavy atom. The van der Waals surface area contributed by atoms with Gasteiger partial charge in [0, 0.05) is 15.3 Å². The fourth-order valence-electron chi connectivity index (χ4n) is 2.86. The van der Waals surface area contributed by atoms with Gasteiger partial charge in [-0.2, -0.15) is 9.61 Å². The fraction of sp³-hybridized carbons (Fsp3) is 0.0588. The predicted molar refractivity (Wildman–Crippen MR) is 106 cm³/mol. The van der Waals surface area contributed by atoms with Crippen LogP contribution in [0.2, 0.25) is 0 Å². The monoisotopic (exact) mass is 458 g/mol. The lowest BCUT2D eigenvalue weighted by atomic mass is 10.2. The van der Waals surface area contributed by atoms with Crippen molar-refractivity contribution in [1.29, 1.82) is 0 Å². The van der Waals surface area contributed by atoms with Crippen LogP contribution in [0.15, 0.2) is 48.7 Å². The minimum absolute atomic E-state index is 0.708. The molecule has 0 bridgehead atoms. The topological polar surface area (TPSA) is 60.4 Å². The van der Waals surface area contributed by atoms with Crippen molar-refractivity contribution in [3.63, 3.8) is 0 Å². The predicted octanol–water partition coefficient (Wildman–Crippen LogP) is 4.08. The van der Waals surface area contributed by atoms with Gasteiger partial charge >= 0.3 is 0 Å². The third kappa shape index (κ3) is 2.35. The van der Waals surface area contributed by atoms with E-state index < -0.39 is 0 Å². The maximum Gasteiger partial charge on any atom is 0.235 e. The number of hydrogen-bond acceptors (Lipinski definition) is 5. The highest BCUT2D eigenvalue weighted by Crippen LogP contribution is 2.29. The van der Waals surface area contributed by atoms with E-state index in [1.165, 1.54) is 14.9 Å². The van der Waals surface area contributed by atoms with E-state index in [0.29, 0.717) is 5.82 Å². The van der Waals surface area contributed by atoms with Crippen LogP contribution in [0.4, 0.5) is 0 Å². The first-order valence-electron chi connectivity index (χ1n) is 7.63. The van der Waals surface area contributed by atoms with Crippen molar-refractivity contribution in [3.8, 4) is 22.1 Å². The molecule has 8 heteroatoms. The van der Waals surface area contributed by atoms with E-state index in [1.807, 2.05) is 35.7 Å². The Hall–Kier alpha value is -2.33. The normalized spacial score (nSPS) is 11.6. The molecule has 0 radical (unpaired) electrons. The molecule has 0 N–H and O–H groups in total. The van der Waals surface area contributed by atoms with Crippen LogP contribution in [0.3, 0.4) is 0 Å². The zero-order valence-corrected chi connectivity index (χ0v) is 16.1. The van der Waals surface area contributed by atoms with E-state index in [9.17, 15) is 0 Å². The summed E-state index contributed by atoms with van der Waals surface area (Å²) in [5.74, 6) is 0.708. The SMILES string of the molecule is Cc1nc2ccccn2c1-c1nnc2sc(-c3ccc(I)cc3)nn12. The molecule has 0 spiro atoms. The smallest absolute Gasteiger partial charge is 0.235 e. The highest BCUT2D eigenvalue weighted by molar-refractivity contribution is 14.1. The minimum atomic E-state index is 0.708. The Kier molecular flexibility index (Phi) is 3.35. The summed E-state index contributed by atoms with van der Waals surface area (Å²) in [5.41, 5.74) is 3.79. The van der Waals surface area contributed by atoms with Crippen LogP contribution in [-0.4, -0.2) is 29.2 Å². The van der Waals surface area contributed by atoms with Gasteiger partial charge in [0.2, 0.25) is 10.8 Å². The Balaban J connectivity index is 1.72. The summed E-state index contributed by atoms with van der Waals surface area (Å²) in [6.07, 6.45) is 1.98. The summed E-state index contributed by atoms with van der Waals surface area (Å²) >= 11 is 3.83. The van der Waals surface area contributed by atoms with Crippen LogP contribution in [0.1, 0.15) is 5.69 Å². The minimum Gasteiger partial charge on any atom is -0.297 e. The van der Waals surface area contributed by atoms with Crippen LogP contribution in [0, 0.1) is 10.5 Å². The third-order valence-corrected chi connectivity index (χ3v) is 5.67. The molecule has 122 valence electrons. The molecule has 25 heavy (non-hydrogen) atoms. The quantitative estimate of drug-likeness (QED) is 0.374. The number of imidazole rings is 1. The van der Waals surface area contributed by atoms with E-state index in [0.717, 1.165) is 32.6 Å². The molecule has 0 fully saturated rings. The first kappa shape index (κ1) is 15.0. The van der Waals surface area contributed by atoms with Crippen molar-refractivity contribution in [2.75, 3.05) is 0 Å². The van der Waals surface area contributed by atoms with E-state index >= 15 is 0 Å². The molecular formula is C17H11IN6S. The molecular weight excluding hydrogens is 447 g/mol. The van der Waals surface area contributed by atoms with Crippen LogP contribution >= 0.6 is 33.9 Å². The van der Waals surface area contributed by atoms with Crippen LogP contribution in [0.5, 0.6) is 0 Å². The Morgan fingerprint density at radius 2 is 1.88 bits per heavy atom. The summed E-state index contributed by atoms with van der Waals surface area (Å²) < 4.78 is 5.03. The van der Waals surface area contributed by atoms with Gasteiger partial charge < -0.3 is 0 Å². The molecule has 0 amide bonds. The second-order valence-corrected chi connectivity index (χ2v) is 7.81. The second kappa shape index (κ2) is 5.60. The van der Waals surface area contributed by atoms with Gasteiger partial charge in [-0.15, -0.1) is 10.2 Å². The molecule has 5 aromatic rings. The molecule has 0 aliphatic rings. The molecule has 0 unspecified atom stereocenters. The van der Waals surface area contributed by atoms with Crippen molar-refractivity contribution in [1.82, 2.24) is 29.2 Å². The van der Waals surface area contributed by atoms with Crippen molar-refractivity contribution in [2.24, 2.45) is 0 Å². The van der Waals surface area contributed by atoms with Crippen molar-refractivity contribution in [2.45, 2.75) is 6.92 Å². The van der Waals surface area contributed by atoms with Gasteiger partial charge in [-0.3, -0.25) is 4.40 Å². The van der Waals surface area contributed by atoms with Gasteiger partial charge in [0.1, 0.15) is 16.3 Å². The zero-order valence-electron chi connectivity index (χ0n) is 13.1. The van der Waals surface area contributed by atoms with Gasteiger partial charge in [-0.05, 0) is 53.8 Å². The summed E-state index contributed by atoms with van der Waals surface area (Å²) in [6, 6.07) is 14.2. The number of pyridine rings is 1. The second-order valence-electron chi connectivity index (χ2n) is 5.61. The van der Waals surface area contributed by atoms with Crippen molar-refractivity contribution >= 4 is 44.5 Å². The van der Waals surface area contributed by atoms with Gasteiger partial charge in [-0.1, -0.05) is 29.5 Å². The van der Waals surface area contributed by atoms with E-state index in [2.05, 4.69) is 62.0 Å². The summed E-state index contributed by atoms with van der Waals surface area (Å²) in [7, 11) is 0. The standard InChI is InChI=1S/C17H11IN6S/c1-10-14(23-9-3-2-4-13(23)19-10)15-20-21-17-24(15)22-16(25-17)11-5-7-12(18)8-6-11/h2-9H,1H3. The molecule has 0 saturated carbocycles. The Labute approximate surface area is 160 Å². The van der Waals surface area contributed by atoms with Crippen molar-refractivity contribution < 1.29 is 0 Å². The average molecular weight is 458 g/mol. The number of rotatable bonds is 2. The number of aromatic nitrogens is 6. The molecule has 0 saturated heterocycles. The largest absolute Gasteiger partial charge is 0.297 e. The highest BCUT2D eigenvalue weighted by Gasteiger charge is 2.19. The van der Waals surface area contributed by atoms with Crippen LogP contribution < -0.4 is 0 Å². The van der Waals surface area contributed by atoms with E-state index in [1.54, 1.807) is 4.52 Å². The summed E-state index contributed by atoms with van der Waals surface area (Å²) in [4.78, 5) is 5.38. The molecule has 1 aromatic carbocycles. The summed E-state index contributed by atoms with van der Waals surface area (Å²) in [5, 5.41) is 14.3. The third-order valence-electron chi connectivity index (χ3n) is 4.00. The molecule has 0 aliphatic heterocycles. The molecule has 0 aliphatic carbocycles. The molecule has 4 heterocycles. The maximum atomic E-state index is 4.74. The first-order valence-corrected chi connectivity index (χ1v) is 9.52. The number of fused-ring (bicyclic) bond motifs is 2. The molecule has 4 aromatic heterocycles. The van der Waals surface area contributed by atoms with Gasteiger partial charge in [0.05, 0.1) is 5.69 Å². The lowest BCUT2D eigenvalue weighted by molar-refractivity contribution is 0.954. The van der Waals surface area contributed by atoms with Crippen molar-refractivity contribution in [3.05, 3.63) is 57.9 Å².